The zero-order chi connectivity index (χ0) is 22.4. The van der Waals surface area contributed by atoms with Crippen molar-refractivity contribution in [3.05, 3.63) is 58.4 Å². The average molecular weight is 408 g/mol. The Labute approximate surface area is 178 Å². The summed E-state index contributed by atoms with van der Waals surface area (Å²) in [6.45, 7) is 12.5. The third-order valence-electron chi connectivity index (χ3n) is 4.77. The molecule has 1 amide bonds. The Morgan fingerprint density at radius 1 is 1.17 bits per heavy atom. The molecule has 1 heterocycles. The van der Waals surface area contributed by atoms with Gasteiger partial charge in [0.05, 0.1) is 0 Å². The fourth-order valence-corrected chi connectivity index (χ4v) is 3.07. The van der Waals surface area contributed by atoms with Gasteiger partial charge in [0.1, 0.15) is 11.6 Å². The SMILES string of the molecule is Cc1ccc(NC(=O)[C@H](C)OC(=O)/C(C#N)=C/c2cc(C)n(CC(C)C)c2C)cc1. The lowest BCUT2D eigenvalue weighted by atomic mass is 10.1. The number of benzene rings is 1. The van der Waals surface area contributed by atoms with Crippen molar-refractivity contribution in [1.82, 2.24) is 4.57 Å². The van der Waals surface area contributed by atoms with Gasteiger partial charge in [-0.25, -0.2) is 4.79 Å². The standard InChI is InChI=1S/C24H29N3O3/c1-15(2)14-27-17(4)11-20(18(27)5)12-21(13-25)24(29)30-19(6)23(28)26-22-9-7-16(3)8-10-22/h7-12,15,19H,14H2,1-6H3,(H,26,28)/b21-12+/t19-/m0/s1. The minimum atomic E-state index is -1.04. The van der Waals surface area contributed by atoms with E-state index in [9.17, 15) is 14.9 Å². The third kappa shape index (κ3) is 5.84. The molecule has 0 fully saturated rings. The van der Waals surface area contributed by atoms with Gasteiger partial charge in [-0.3, -0.25) is 4.79 Å². The zero-order valence-corrected chi connectivity index (χ0v) is 18.4. The van der Waals surface area contributed by atoms with Crippen molar-refractivity contribution in [3.63, 3.8) is 0 Å². The van der Waals surface area contributed by atoms with Gasteiger partial charge in [-0.2, -0.15) is 5.26 Å². The normalized spacial score (nSPS) is 12.4. The summed E-state index contributed by atoms with van der Waals surface area (Å²) >= 11 is 0. The maximum absolute atomic E-state index is 12.5. The van der Waals surface area contributed by atoms with Gasteiger partial charge in [0, 0.05) is 23.6 Å². The Morgan fingerprint density at radius 3 is 2.37 bits per heavy atom. The number of ether oxygens (including phenoxy) is 1. The Balaban J connectivity index is 2.11. The molecule has 158 valence electrons. The predicted octanol–water partition coefficient (Wildman–Crippen LogP) is 4.55. The number of amides is 1. The van der Waals surface area contributed by atoms with Gasteiger partial charge in [-0.15, -0.1) is 0 Å². The van der Waals surface area contributed by atoms with E-state index in [4.69, 9.17) is 4.74 Å². The molecular weight excluding hydrogens is 378 g/mol. The topological polar surface area (TPSA) is 84.1 Å². The van der Waals surface area contributed by atoms with Crippen LogP contribution in [0.25, 0.3) is 6.08 Å². The molecular formula is C24H29N3O3. The summed E-state index contributed by atoms with van der Waals surface area (Å²) in [4.78, 5) is 24.8. The van der Waals surface area contributed by atoms with Crippen molar-refractivity contribution in [2.24, 2.45) is 5.92 Å². The van der Waals surface area contributed by atoms with E-state index in [-0.39, 0.29) is 5.57 Å². The van der Waals surface area contributed by atoms with Gasteiger partial charge < -0.3 is 14.6 Å². The first kappa shape index (κ1) is 23.0. The van der Waals surface area contributed by atoms with E-state index in [0.29, 0.717) is 11.6 Å². The van der Waals surface area contributed by atoms with Crippen LogP contribution >= 0.6 is 0 Å². The molecule has 1 aromatic heterocycles. The molecule has 0 aliphatic carbocycles. The summed E-state index contributed by atoms with van der Waals surface area (Å²) < 4.78 is 7.39. The molecule has 30 heavy (non-hydrogen) atoms. The Hall–Kier alpha value is -3.33. The second kappa shape index (κ2) is 9.93. The van der Waals surface area contributed by atoms with Crippen molar-refractivity contribution in [2.75, 3.05) is 5.32 Å². The Kier molecular flexibility index (Phi) is 7.60. The summed E-state index contributed by atoms with van der Waals surface area (Å²) in [5, 5.41) is 12.2. The maximum Gasteiger partial charge on any atom is 0.349 e. The molecule has 6 nitrogen and oxygen atoms in total. The van der Waals surface area contributed by atoms with Crippen molar-refractivity contribution in [2.45, 2.75) is 54.2 Å². The first-order chi connectivity index (χ1) is 14.1. The number of rotatable bonds is 7. The van der Waals surface area contributed by atoms with E-state index < -0.39 is 18.0 Å². The Morgan fingerprint density at radius 2 is 1.80 bits per heavy atom. The van der Waals surface area contributed by atoms with Crippen LogP contribution in [0, 0.1) is 38.0 Å². The predicted molar refractivity (Wildman–Crippen MR) is 118 cm³/mol. The van der Waals surface area contributed by atoms with Crippen LogP contribution in [-0.2, 0) is 20.9 Å². The van der Waals surface area contributed by atoms with Gasteiger partial charge in [-0.1, -0.05) is 31.5 Å². The van der Waals surface area contributed by atoms with Crippen LogP contribution in [0.3, 0.4) is 0 Å². The summed E-state index contributed by atoms with van der Waals surface area (Å²) in [7, 11) is 0. The van der Waals surface area contributed by atoms with E-state index in [1.54, 1.807) is 12.1 Å². The molecule has 0 spiro atoms. The van der Waals surface area contributed by atoms with E-state index in [1.807, 2.05) is 45.0 Å². The molecule has 1 aromatic carbocycles. The Bertz CT molecular complexity index is 992. The van der Waals surface area contributed by atoms with Crippen molar-refractivity contribution >= 4 is 23.6 Å². The van der Waals surface area contributed by atoms with Crippen LogP contribution < -0.4 is 5.32 Å². The molecule has 0 unspecified atom stereocenters. The molecule has 1 atom stereocenters. The van der Waals surface area contributed by atoms with E-state index >= 15 is 0 Å². The summed E-state index contributed by atoms with van der Waals surface area (Å²) in [5.41, 5.74) is 4.37. The highest BCUT2D eigenvalue weighted by Gasteiger charge is 2.21. The number of nitrogens with one attached hydrogen (secondary N) is 1. The molecule has 0 saturated heterocycles. The molecule has 0 saturated carbocycles. The van der Waals surface area contributed by atoms with E-state index in [0.717, 1.165) is 29.1 Å². The number of nitrogens with zero attached hydrogens (tertiary/aromatic N) is 2. The van der Waals surface area contributed by atoms with Gasteiger partial charge in [0.15, 0.2) is 6.10 Å². The first-order valence-corrected chi connectivity index (χ1v) is 9.99. The molecule has 0 aliphatic heterocycles. The summed E-state index contributed by atoms with van der Waals surface area (Å²) in [5.74, 6) is -0.808. The van der Waals surface area contributed by atoms with Gasteiger partial charge in [0.2, 0.25) is 0 Å². The monoisotopic (exact) mass is 407 g/mol. The number of anilines is 1. The number of hydrogen-bond acceptors (Lipinski definition) is 4. The van der Waals surface area contributed by atoms with Gasteiger partial charge >= 0.3 is 5.97 Å². The highest BCUT2D eigenvalue weighted by molar-refractivity contribution is 6.01. The van der Waals surface area contributed by atoms with Crippen LogP contribution in [0.1, 0.15) is 43.3 Å². The molecule has 0 radical (unpaired) electrons. The first-order valence-electron chi connectivity index (χ1n) is 9.99. The van der Waals surface area contributed by atoms with E-state index in [2.05, 4.69) is 23.7 Å². The highest BCUT2D eigenvalue weighted by Crippen LogP contribution is 2.20. The number of esters is 1. The van der Waals surface area contributed by atoms with Crippen LogP contribution in [0.2, 0.25) is 0 Å². The number of carbonyl (C=O) groups excluding carboxylic acids is 2. The third-order valence-corrected chi connectivity index (χ3v) is 4.77. The van der Waals surface area contributed by atoms with Crippen LogP contribution in [0.15, 0.2) is 35.9 Å². The lowest BCUT2D eigenvalue weighted by molar-refractivity contribution is -0.148. The second-order valence-corrected chi connectivity index (χ2v) is 7.90. The molecule has 1 N–H and O–H groups in total. The number of nitriles is 1. The van der Waals surface area contributed by atoms with Crippen LogP contribution in [0.4, 0.5) is 5.69 Å². The van der Waals surface area contributed by atoms with Gasteiger partial charge in [0.25, 0.3) is 5.91 Å². The zero-order valence-electron chi connectivity index (χ0n) is 18.4. The maximum atomic E-state index is 12.5. The minimum absolute atomic E-state index is 0.144. The number of aromatic nitrogens is 1. The number of hydrogen-bond donors (Lipinski definition) is 1. The molecule has 0 bridgehead atoms. The molecule has 2 aromatic rings. The number of aryl methyl sites for hydroxylation is 2. The second-order valence-electron chi connectivity index (χ2n) is 7.90. The molecule has 0 aliphatic rings. The average Bonchev–Trinajstić information content (AvgIpc) is 2.94. The van der Waals surface area contributed by atoms with Crippen molar-refractivity contribution in [1.29, 1.82) is 5.26 Å². The van der Waals surface area contributed by atoms with Gasteiger partial charge in [-0.05, 0) is 63.5 Å². The van der Waals surface area contributed by atoms with Crippen LogP contribution in [0.5, 0.6) is 0 Å². The molecule has 2 rings (SSSR count). The summed E-state index contributed by atoms with van der Waals surface area (Å²) in [6.07, 6.45) is 0.482. The fraction of sp³-hybridized carbons (Fsp3) is 0.375. The highest BCUT2D eigenvalue weighted by atomic mass is 16.5. The van der Waals surface area contributed by atoms with Crippen LogP contribution in [-0.4, -0.2) is 22.5 Å². The lowest BCUT2D eigenvalue weighted by Gasteiger charge is -2.13. The van der Waals surface area contributed by atoms with E-state index in [1.165, 1.54) is 13.0 Å². The quantitative estimate of drug-likeness (QED) is 0.415. The minimum Gasteiger partial charge on any atom is -0.448 e. The fourth-order valence-electron chi connectivity index (χ4n) is 3.07. The summed E-state index contributed by atoms with van der Waals surface area (Å²) in [6, 6.07) is 11.1. The molecule has 6 heteroatoms. The lowest BCUT2D eigenvalue weighted by Crippen LogP contribution is -2.30. The largest absolute Gasteiger partial charge is 0.448 e. The smallest absolute Gasteiger partial charge is 0.349 e. The van der Waals surface area contributed by atoms with Crippen molar-refractivity contribution < 1.29 is 14.3 Å². The number of carbonyl (C=O) groups is 2. The van der Waals surface area contributed by atoms with Crippen molar-refractivity contribution in [3.8, 4) is 6.07 Å².